The first-order chi connectivity index (χ1) is 10.5. The van der Waals surface area contributed by atoms with Crippen molar-refractivity contribution >= 4 is 17.5 Å². The average molecular weight is 322 g/mol. The molecule has 0 unspecified atom stereocenters. The second-order valence-corrected chi connectivity index (χ2v) is 5.67. The van der Waals surface area contributed by atoms with E-state index in [-0.39, 0.29) is 11.6 Å². The molecule has 0 aliphatic carbocycles. The van der Waals surface area contributed by atoms with Gasteiger partial charge in [-0.25, -0.2) is 0 Å². The molecule has 1 heterocycles. The molecule has 6 heteroatoms. The Labute approximate surface area is 134 Å². The number of carbonyl (C=O) groups is 1. The Hall–Kier alpha value is -1.85. The topological polar surface area (TPSA) is 81.1 Å². The van der Waals surface area contributed by atoms with Crippen LogP contribution in [0.15, 0.2) is 34.9 Å². The zero-order chi connectivity index (χ0) is 16.2. The first-order valence-electron chi connectivity index (χ1n) is 7.29. The van der Waals surface area contributed by atoms with Gasteiger partial charge < -0.3 is 15.6 Å². The highest BCUT2D eigenvalue weighted by Crippen LogP contribution is 2.23. The van der Waals surface area contributed by atoms with E-state index in [4.69, 9.17) is 21.9 Å². The lowest BCUT2D eigenvalue weighted by Gasteiger charge is -2.30. The van der Waals surface area contributed by atoms with Gasteiger partial charge in [0.15, 0.2) is 11.5 Å². The molecule has 0 saturated carbocycles. The SMILES string of the molecule is CCC(CC)(CN)NC(=O)c1cc(-c2ccc(Cl)cc2)on1. The lowest BCUT2D eigenvalue weighted by molar-refractivity contribution is 0.0886. The minimum Gasteiger partial charge on any atom is -0.355 e. The number of nitrogens with two attached hydrogens (primary N) is 1. The number of aromatic nitrogens is 1. The maximum Gasteiger partial charge on any atom is 0.273 e. The van der Waals surface area contributed by atoms with Crippen LogP contribution in [-0.2, 0) is 0 Å². The number of benzene rings is 1. The van der Waals surface area contributed by atoms with Gasteiger partial charge in [-0.2, -0.15) is 0 Å². The van der Waals surface area contributed by atoms with E-state index in [9.17, 15) is 4.79 Å². The summed E-state index contributed by atoms with van der Waals surface area (Å²) in [5.41, 5.74) is 6.44. The molecule has 0 bridgehead atoms. The normalized spacial score (nSPS) is 11.5. The molecule has 1 aromatic carbocycles. The largest absolute Gasteiger partial charge is 0.355 e. The third-order valence-electron chi connectivity index (χ3n) is 3.99. The summed E-state index contributed by atoms with van der Waals surface area (Å²) in [6, 6.07) is 8.75. The Balaban J connectivity index is 2.17. The zero-order valence-corrected chi connectivity index (χ0v) is 13.5. The summed E-state index contributed by atoms with van der Waals surface area (Å²) in [4.78, 5) is 12.3. The number of carbonyl (C=O) groups excluding carboxylic acids is 1. The number of halogens is 1. The second-order valence-electron chi connectivity index (χ2n) is 5.23. The molecule has 0 spiro atoms. The van der Waals surface area contributed by atoms with Gasteiger partial charge in [-0.05, 0) is 37.1 Å². The fourth-order valence-electron chi connectivity index (χ4n) is 2.20. The van der Waals surface area contributed by atoms with Crippen molar-refractivity contribution in [1.82, 2.24) is 10.5 Å². The minimum atomic E-state index is -0.406. The van der Waals surface area contributed by atoms with E-state index >= 15 is 0 Å². The van der Waals surface area contributed by atoms with Crippen molar-refractivity contribution in [1.29, 1.82) is 0 Å². The molecule has 118 valence electrons. The fraction of sp³-hybridized carbons (Fsp3) is 0.375. The van der Waals surface area contributed by atoms with Crippen LogP contribution >= 0.6 is 11.6 Å². The van der Waals surface area contributed by atoms with Crippen molar-refractivity contribution < 1.29 is 9.32 Å². The van der Waals surface area contributed by atoms with Gasteiger partial charge in [-0.15, -0.1) is 0 Å². The first-order valence-corrected chi connectivity index (χ1v) is 7.66. The molecule has 22 heavy (non-hydrogen) atoms. The summed E-state index contributed by atoms with van der Waals surface area (Å²) in [6.07, 6.45) is 1.52. The predicted octanol–water partition coefficient (Wildman–Crippen LogP) is 3.24. The van der Waals surface area contributed by atoms with Crippen molar-refractivity contribution in [3.05, 3.63) is 41.0 Å². The molecule has 0 fully saturated rings. The van der Waals surface area contributed by atoms with Crippen molar-refractivity contribution in [2.24, 2.45) is 5.73 Å². The lowest BCUT2D eigenvalue weighted by atomic mass is 9.93. The number of amides is 1. The average Bonchev–Trinajstić information content (AvgIpc) is 3.03. The highest BCUT2D eigenvalue weighted by Gasteiger charge is 2.28. The molecular weight excluding hydrogens is 302 g/mol. The van der Waals surface area contributed by atoms with Crippen molar-refractivity contribution in [3.8, 4) is 11.3 Å². The third-order valence-corrected chi connectivity index (χ3v) is 4.25. The second kappa shape index (κ2) is 6.94. The Kier molecular flexibility index (Phi) is 5.21. The van der Waals surface area contributed by atoms with Gasteiger partial charge in [0.05, 0.1) is 5.54 Å². The molecule has 0 atom stereocenters. The quantitative estimate of drug-likeness (QED) is 0.855. The van der Waals surface area contributed by atoms with Crippen LogP contribution in [-0.4, -0.2) is 23.1 Å². The summed E-state index contributed by atoms with van der Waals surface area (Å²) in [5.74, 6) is 0.242. The van der Waals surface area contributed by atoms with Gasteiger partial charge >= 0.3 is 0 Å². The Bertz CT molecular complexity index is 625. The fourth-order valence-corrected chi connectivity index (χ4v) is 2.33. The molecule has 3 N–H and O–H groups in total. The molecular formula is C16H20ClN3O2. The minimum absolute atomic E-state index is 0.240. The van der Waals surface area contributed by atoms with Crippen molar-refractivity contribution in [2.45, 2.75) is 32.2 Å². The number of nitrogens with one attached hydrogen (secondary N) is 1. The predicted molar refractivity (Wildman–Crippen MR) is 86.8 cm³/mol. The molecule has 2 rings (SSSR count). The molecule has 0 aliphatic heterocycles. The molecule has 2 aromatic rings. The lowest BCUT2D eigenvalue weighted by Crippen LogP contribution is -2.52. The summed E-state index contributed by atoms with van der Waals surface area (Å²) in [5, 5.41) is 7.44. The number of rotatable bonds is 6. The highest BCUT2D eigenvalue weighted by molar-refractivity contribution is 6.30. The van der Waals surface area contributed by atoms with Crippen LogP contribution in [0, 0.1) is 0 Å². The van der Waals surface area contributed by atoms with Crippen LogP contribution in [0.3, 0.4) is 0 Å². The molecule has 0 radical (unpaired) electrons. The number of hydrogen-bond acceptors (Lipinski definition) is 4. The molecule has 1 aromatic heterocycles. The van der Waals surface area contributed by atoms with Crippen LogP contribution in [0.5, 0.6) is 0 Å². The Morgan fingerprint density at radius 1 is 1.32 bits per heavy atom. The summed E-state index contributed by atoms with van der Waals surface area (Å²) < 4.78 is 5.24. The van der Waals surface area contributed by atoms with E-state index in [0.29, 0.717) is 17.3 Å². The maximum atomic E-state index is 12.3. The van der Waals surface area contributed by atoms with Gasteiger partial charge in [-0.3, -0.25) is 4.79 Å². The van der Waals surface area contributed by atoms with Gasteiger partial charge in [0.25, 0.3) is 5.91 Å². The van der Waals surface area contributed by atoms with E-state index in [0.717, 1.165) is 18.4 Å². The van der Waals surface area contributed by atoms with Gasteiger partial charge in [0.1, 0.15) is 0 Å². The van der Waals surface area contributed by atoms with E-state index in [1.54, 1.807) is 18.2 Å². The smallest absolute Gasteiger partial charge is 0.273 e. The molecule has 0 aliphatic rings. The van der Waals surface area contributed by atoms with Crippen LogP contribution < -0.4 is 11.1 Å². The molecule has 0 saturated heterocycles. The van der Waals surface area contributed by atoms with Crippen LogP contribution in [0.1, 0.15) is 37.2 Å². The van der Waals surface area contributed by atoms with Crippen LogP contribution in [0.2, 0.25) is 5.02 Å². The van der Waals surface area contributed by atoms with E-state index in [1.165, 1.54) is 0 Å². The standard InChI is InChI=1S/C16H20ClN3O2/c1-3-16(4-2,10-18)19-15(21)13-9-14(22-20-13)11-5-7-12(17)8-6-11/h5-9H,3-4,10,18H2,1-2H3,(H,19,21). The Morgan fingerprint density at radius 2 is 1.95 bits per heavy atom. The monoisotopic (exact) mass is 321 g/mol. The van der Waals surface area contributed by atoms with Gasteiger partial charge in [0.2, 0.25) is 0 Å². The van der Waals surface area contributed by atoms with Gasteiger partial charge in [0, 0.05) is 23.2 Å². The Morgan fingerprint density at radius 3 is 2.50 bits per heavy atom. The highest BCUT2D eigenvalue weighted by atomic mass is 35.5. The maximum absolute atomic E-state index is 12.3. The summed E-state index contributed by atoms with van der Waals surface area (Å²) in [7, 11) is 0. The van der Waals surface area contributed by atoms with Crippen molar-refractivity contribution in [3.63, 3.8) is 0 Å². The number of nitrogens with zero attached hydrogens (tertiary/aromatic N) is 1. The zero-order valence-electron chi connectivity index (χ0n) is 12.7. The third kappa shape index (κ3) is 3.48. The van der Waals surface area contributed by atoms with Crippen LogP contribution in [0.4, 0.5) is 0 Å². The molecule has 5 nitrogen and oxygen atoms in total. The van der Waals surface area contributed by atoms with E-state index < -0.39 is 5.54 Å². The summed E-state index contributed by atoms with van der Waals surface area (Å²) in [6.45, 7) is 4.38. The number of hydrogen-bond donors (Lipinski definition) is 2. The van der Waals surface area contributed by atoms with Crippen LogP contribution in [0.25, 0.3) is 11.3 Å². The molecule has 1 amide bonds. The van der Waals surface area contributed by atoms with E-state index in [1.807, 2.05) is 26.0 Å². The van der Waals surface area contributed by atoms with E-state index in [2.05, 4.69) is 10.5 Å². The first kappa shape index (κ1) is 16.5. The van der Waals surface area contributed by atoms with Crippen molar-refractivity contribution in [2.75, 3.05) is 6.54 Å². The van der Waals surface area contributed by atoms with Gasteiger partial charge in [-0.1, -0.05) is 30.6 Å². The summed E-state index contributed by atoms with van der Waals surface area (Å²) >= 11 is 5.85.